The van der Waals surface area contributed by atoms with E-state index in [1.54, 1.807) is 0 Å². The second-order valence-corrected chi connectivity index (χ2v) is 3.11. The van der Waals surface area contributed by atoms with Crippen molar-refractivity contribution in [1.29, 1.82) is 0 Å². The van der Waals surface area contributed by atoms with Crippen LogP contribution in [0.4, 0.5) is 4.39 Å². The van der Waals surface area contributed by atoms with Gasteiger partial charge in [0.15, 0.2) is 6.61 Å². The number of hydrogen-bond acceptors (Lipinski definition) is 4. The third-order valence-electron chi connectivity index (χ3n) is 1.76. The highest BCUT2D eigenvalue weighted by atomic mass is 19.1. The summed E-state index contributed by atoms with van der Waals surface area (Å²) in [6, 6.07) is 5.38. The summed E-state index contributed by atoms with van der Waals surface area (Å²) < 4.78 is 22.4. The minimum Gasteiger partial charge on any atom is -0.484 e. The highest BCUT2D eigenvalue weighted by molar-refractivity contribution is 5.76. The first-order chi connectivity index (χ1) is 8.22. The van der Waals surface area contributed by atoms with Gasteiger partial charge < -0.3 is 9.47 Å². The quantitative estimate of drug-likeness (QED) is 0.571. The molecule has 0 aliphatic carbocycles. The summed E-state index contributed by atoms with van der Waals surface area (Å²) >= 11 is 0. The zero-order valence-corrected chi connectivity index (χ0v) is 9.44. The molecule has 1 aromatic rings. The van der Waals surface area contributed by atoms with Crippen molar-refractivity contribution in [2.24, 2.45) is 0 Å². The average Bonchev–Trinajstić information content (AvgIpc) is 2.34. The van der Waals surface area contributed by atoms with Crippen LogP contribution in [0.5, 0.6) is 5.75 Å². The van der Waals surface area contributed by atoms with Crippen LogP contribution >= 0.6 is 0 Å². The van der Waals surface area contributed by atoms with Gasteiger partial charge in [-0.25, -0.2) is 9.87 Å². The number of nitrogens with one attached hydrogen (secondary N) is 1. The summed E-state index contributed by atoms with van der Waals surface area (Å²) in [4.78, 5) is 15.9. The molecule has 6 heteroatoms. The van der Waals surface area contributed by atoms with Crippen LogP contribution in [0.25, 0.3) is 0 Å². The van der Waals surface area contributed by atoms with Gasteiger partial charge in [0.05, 0.1) is 13.2 Å². The summed E-state index contributed by atoms with van der Waals surface area (Å²) in [5.41, 5.74) is 2.18. The van der Waals surface area contributed by atoms with Gasteiger partial charge in [0, 0.05) is 7.11 Å². The maximum Gasteiger partial charge on any atom is 0.281 e. The second kappa shape index (κ2) is 7.59. The molecule has 1 aromatic carbocycles. The van der Waals surface area contributed by atoms with E-state index in [-0.39, 0.29) is 19.0 Å². The Hall–Kier alpha value is -1.66. The van der Waals surface area contributed by atoms with Gasteiger partial charge >= 0.3 is 0 Å². The maximum absolute atomic E-state index is 12.6. The lowest BCUT2D eigenvalue weighted by Crippen LogP contribution is -2.30. The van der Waals surface area contributed by atoms with E-state index in [4.69, 9.17) is 14.3 Å². The third-order valence-corrected chi connectivity index (χ3v) is 1.76. The summed E-state index contributed by atoms with van der Waals surface area (Å²) in [6.45, 7) is 0.455. The Balaban J connectivity index is 2.17. The van der Waals surface area contributed by atoms with Crippen molar-refractivity contribution >= 4 is 5.91 Å². The van der Waals surface area contributed by atoms with Gasteiger partial charge in [0.1, 0.15) is 11.6 Å². The molecule has 0 saturated heterocycles. The van der Waals surface area contributed by atoms with Crippen molar-refractivity contribution < 1.29 is 23.5 Å². The fraction of sp³-hybridized carbons (Fsp3) is 0.364. The van der Waals surface area contributed by atoms with Crippen LogP contribution in [0.15, 0.2) is 24.3 Å². The normalized spacial score (nSPS) is 10.0. The lowest BCUT2D eigenvalue weighted by Gasteiger charge is -2.07. The van der Waals surface area contributed by atoms with Crippen molar-refractivity contribution in [3.63, 3.8) is 0 Å². The molecule has 1 N–H and O–H groups in total. The fourth-order valence-electron chi connectivity index (χ4n) is 0.966. The molecule has 1 rings (SSSR count). The first kappa shape index (κ1) is 13.4. The number of carbonyl (C=O) groups is 1. The van der Waals surface area contributed by atoms with Crippen molar-refractivity contribution in [2.45, 2.75) is 0 Å². The Morgan fingerprint density at radius 2 is 2.00 bits per heavy atom. The molecule has 0 fully saturated rings. The van der Waals surface area contributed by atoms with E-state index in [1.807, 2.05) is 0 Å². The van der Waals surface area contributed by atoms with Crippen LogP contribution in [-0.4, -0.2) is 32.8 Å². The fourth-order valence-corrected chi connectivity index (χ4v) is 0.966. The van der Waals surface area contributed by atoms with E-state index in [0.29, 0.717) is 12.4 Å². The Bertz CT molecular complexity index is 342. The number of methoxy groups -OCH3 is 1. The lowest BCUT2D eigenvalue weighted by molar-refractivity contribution is -0.136. The van der Waals surface area contributed by atoms with Crippen LogP contribution in [-0.2, 0) is 14.4 Å². The van der Waals surface area contributed by atoms with Gasteiger partial charge in [-0.3, -0.25) is 9.63 Å². The largest absolute Gasteiger partial charge is 0.484 e. The maximum atomic E-state index is 12.6. The first-order valence-electron chi connectivity index (χ1n) is 5.00. The number of halogens is 1. The molecule has 0 heterocycles. The number of amides is 1. The van der Waals surface area contributed by atoms with E-state index in [1.165, 1.54) is 31.4 Å². The molecule has 94 valence electrons. The molecule has 0 radical (unpaired) electrons. The van der Waals surface area contributed by atoms with E-state index in [0.717, 1.165) is 0 Å². The zero-order valence-electron chi connectivity index (χ0n) is 9.44. The average molecular weight is 243 g/mol. The van der Waals surface area contributed by atoms with Crippen LogP contribution in [0.1, 0.15) is 0 Å². The minimum absolute atomic E-state index is 0.196. The molecule has 0 spiro atoms. The van der Waals surface area contributed by atoms with Crippen molar-refractivity contribution in [3.05, 3.63) is 30.1 Å². The number of hydrogen-bond donors (Lipinski definition) is 1. The predicted molar refractivity (Wildman–Crippen MR) is 57.9 cm³/mol. The molecule has 1 amide bonds. The van der Waals surface area contributed by atoms with Gasteiger partial charge in [-0.05, 0) is 24.3 Å². The SMILES string of the molecule is COCCONC(=O)COc1ccc(F)cc1. The van der Waals surface area contributed by atoms with Gasteiger partial charge in [0.25, 0.3) is 5.91 Å². The Labute approximate surface area is 98.4 Å². The van der Waals surface area contributed by atoms with Crippen LogP contribution in [0.3, 0.4) is 0 Å². The Morgan fingerprint density at radius 3 is 2.65 bits per heavy atom. The van der Waals surface area contributed by atoms with Gasteiger partial charge in [-0.2, -0.15) is 0 Å². The van der Waals surface area contributed by atoms with E-state index in [9.17, 15) is 9.18 Å². The molecule has 0 atom stereocenters. The smallest absolute Gasteiger partial charge is 0.281 e. The number of ether oxygens (including phenoxy) is 2. The first-order valence-corrected chi connectivity index (χ1v) is 5.00. The highest BCUT2D eigenvalue weighted by Crippen LogP contribution is 2.10. The lowest BCUT2D eigenvalue weighted by atomic mass is 10.3. The second-order valence-electron chi connectivity index (χ2n) is 3.11. The van der Waals surface area contributed by atoms with Gasteiger partial charge in [-0.1, -0.05) is 0 Å². The molecule has 0 aliphatic rings. The van der Waals surface area contributed by atoms with Gasteiger partial charge in [0.2, 0.25) is 0 Å². The molecular weight excluding hydrogens is 229 g/mol. The van der Waals surface area contributed by atoms with E-state index >= 15 is 0 Å². The monoisotopic (exact) mass is 243 g/mol. The Kier molecular flexibility index (Phi) is 5.98. The van der Waals surface area contributed by atoms with Crippen molar-refractivity contribution in [2.75, 3.05) is 26.9 Å². The topological polar surface area (TPSA) is 56.8 Å². The van der Waals surface area contributed by atoms with Crippen LogP contribution in [0.2, 0.25) is 0 Å². The number of carbonyl (C=O) groups excluding carboxylic acids is 1. The minimum atomic E-state index is -0.426. The van der Waals surface area contributed by atoms with E-state index in [2.05, 4.69) is 5.48 Å². The van der Waals surface area contributed by atoms with Crippen LogP contribution < -0.4 is 10.2 Å². The number of hydroxylamine groups is 1. The van der Waals surface area contributed by atoms with E-state index < -0.39 is 5.91 Å². The Morgan fingerprint density at radius 1 is 1.29 bits per heavy atom. The summed E-state index contributed by atoms with van der Waals surface area (Å²) in [5.74, 6) is -0.367. The number of benzene rings is 1. The highest BCUT2D eigenvalue weighted by Gasteiger charge is 2.02. The third kappa shape index (κ3) is 5.84. The molecule has 0 aromatic heterocycles. The summed E-state index contributed by atoms with van der Waals surface area (Å²) in [5, 5.41) is 0. The molecule has 0 aliphatic heterocycles. The van der Waals surface area contributed by atoms with Crippen molar-refractivity contribution in [3.8, 4) is 5.75 Å². The standard InChI is InChI=1S/C11H14FNO4/c1-15-6-7-17-13-11(14)8-16-10-4-2-9(12)3-5-10/h2-5H,6-8H2,1H3,(H,13,14). The van der Waals surface area contributed by atoms with Gasteiger partial charge in [-0.15, -0.1) is 0 Å². The predicted octanol–water partition coefficient (Wildman–Crippen LogP) is 0.899. The molecule has 0 unspecified atom stereocenters. The molecule has 0 bridgehead atoms. The molecule has 0 saturated carbocycles. The molecule has 17 heavy (non-hydrogen) atoms. The summed E-state index contributed by atoms with van der Waals surface area (Å²) in [6.07, 6.45) is 0. The number of rotatable bonds is 7. The van der Waals surface area contributed by atoms with Crippen LogP contribution in [0, 0.1) is 5.82 Å². The zero-order chi connectivity index (χ0) is 12.5. The van der Waals surface area contributed by atoms with Crippen molar-refractivity contribution in [1.82, 2.24) is 5.48 Å². The summed E-state index contributed by atoms with van der Waals surface area (Å²) in [7, 11) is 1.53. The molecule has 5 nitrogen and oxygen atoms in total. The molecular formula is C11H14FNO4.